The second-order valence-corrected chi connectivity index (χ2v) is 5.29. The van der Waals surface area contributed by atoms with Crippen molar-refractivity contribution >= 4 is 17.9 Å². The van der Waals surface area contributed by atoms with E-state index in [9.17, 15) is 9.59 Å². The molecule has 0 aliphatic heterocycles. The topological polar surface area (TPSA) is 76.7 Å². The summed E-state index contributed by atoms with van der Waals surface area (Å²) in [7, 11) is 3.10. The number of methoxy groups -OCH3 is 2. The number of hydrogen-bond donors (Lipinski definition) is 2. The second-order valence-electron chi connectivity index (χ2n) is 5.29. The summed E-state index contributed by atoms with van der Waals surface area (Å²) < 4.78 is 10.3. The first-order valence-corrected chi connectivity index (χ1v) is 7.60. The van der Waals surface area contributed by atoms with Gasteiger partial charge in [-0.05, 0) is 42.8 Å². The van der Waals surface area contributed by atoms with E-state index in [1.165, 1.54) is 6.08 Å². The van der Waals surface area contributed by atoms with E-state index in [-0.39, 0.29) is 5.91 Å². The molecule has 0 spiro atoms. The summed E-state index contributed by atoms with van der Waals surface area (Å²) in [5, 5.41) is 0. The van der Waals surface area contributed by atoms with Gasteiger partial charge in [-0.15, -0.1) is 0 Å². The van der Waals surface area contributed by atoms with Gasteiger partial charge in [-0.3, -0.25) is 20.4 Å². The number of benzene rings is 2. The van der Waals surface area contributed by atoms with Gasteiger partial charge in [0.2, 0.25) is 0 Å². The van der Waals surface area contributed by atoms with Gasteiger partial charge in [0, 0.05) is 17.7 Å². The Morgan fingerprint density at radius 2 is 1.52 bits per heavy atom. The minimum Gasteiger partial charge on any atom is -0.497 e. The molecule has 0 radical (unpaired) electrons. The Hall–Kier alpha value is -3.28. The summed E-state index contributed by atoms with van der Waals surface area (Å²) in [5.74, 6) is 0.395. The molecule has 130 valence electrons. The molecule has 6 heteroatoms. The van der Waals surface area contributed by atoms with Crippen LogP contribution in [0.5, 0.6) is 11.5 Å². The number of hydrogen-bond acceptors (Lipinski definition) is 4. The maximum atomic E-state index is 11.9. The summed E-state index contributed by atoms with van der Waals surface area (Å²) >= 11 is 0. The monoisotopic (exact) mass is 340 g/mol. The third-order valence-electron chi connectivity index (χ3n) is 3.41. The van der Waals surface area contributed by atoms with Gasteiger partial charge in [0.25, 0.3) is 11.8 Å². The molecule has 2 amide bonds. The first-order chi connectivity index (χ1) is 12.0. The lowest BCUT2D eigenvalue weighted by Crippen LogP contribution is -2.40. The molecule has 25 heavy (non-hydrogen) atoms. The van der Waals surface area contributed by atoms with Crippen LogP contribution in [0.25, 0.3) is 6.08 Å². The smallest absolute Gasteiger partial charge is 0.269 e. The number of carbonyl (C=O) groups excluding carboxylic acids is 2. The first-order valence-electron chi connectivity index (χ1n) is 7.60. The highest BCUT2D eigenvalue weighted by molar-refractivity contribution is 5.97. The second kappa shape index (κ2) is 8.54. The maximum absolute atomic E-state index is 11.9. The molecular weight excluding hydrogens is 320 g/mol. The maximum Gasteiger partial charge on any atom is 0.269 e. The van der Waals surface area contributed by atoms with Crippen LogP contribution in [0, 0.1) is 6.92 Å². The van der Waals surface area contributed by atoms with Crippen LogP contribution in [0.4, 0.5) is 0 Å². The zero-order valence-electron chi connectivity index (χ0n) is 14.3. The van der Waals surface area contributed by atoms with Crippen LogP contribution in [0.3, 0.4) is 0 Å². The van der Waals surface area contributed by atoms with Gasteiger partial charge in [-0.2, -0.15) is 0 Å². The number of nitrogens with one attached hydrogen (secondary N) is 2. The van der Waals surface area contributed by atoms with E-state index in [4.69, 9.17) is 9.47 Å². The van der Waals surface area contributed by atoms with Gasteiger partial charge in [-0.25, -0.2) is 0 Å². The molecule has 6 nitrogen and oxygen atoms in total. The van der Waals surface area contributed by atoms with Crippen LogP contribution in [-0.4, -0.2) is 26.0 Å². The fourth-order valence-corrected chi connectivity index (χ4v) is 2.03. The van der Waals surface area contributed by atoms with Crippen molar-refractivity contribution in [3.05, 3.63) is 65.2 Å². The highest BCUT2D eigenvalue weighted by Gasteiger charge is 2.05. The SMILES string of the molecule is COc1cc(/C=C/C(=O)NNC(=O)c2ccc(C)cc2)cc(OC)c1. The van der Waals surface area contributed by atoms with Gasteiger partial charge >= 0.3 is 0 Å². The number of amides is 2. The Labute approximate surface area is 146 Å². The van der Waals surface area contributed by atoms with Gasteiger partial charge in [0.05, 0.1) is 14.2 Å². The number of aryl methyl sites for hydroxylation is 1. The molecule has 2 rings (SSSR count). The van der Waals surface area contributed by atoms with E-state index in [1.807, 2.05) is 19.1 Å². The van der Waals surface area contributed by atoms with E-state index in [2.05, 4.69) is 10.9 Å². The average Bonchev–Trinajstić information content (AvgIpc) is 2.64. The Kier molecular flexibility index (Phi) is 6.17. The van der Waals surface area contributed by atoms with Crippen LogP contribution < -0.4 is 20.3 Å². The Bertz CT molecular complexity index is 760. The molecule has 2 N–H and O–H groups in total. The molecule has 0 saturated heterocycles. The fraction of sp³-hybridized carbons (Fsp3) is 0.158. The third kappa shape index (κ3) is 5.39. The summed E-state index contributed by atoms with van der Waals surface area (Å²) in [6.45, 7) is 1.93. The van der Waals surface area contributed by atoms with Gasteiger partial charge in [0.15, 0.2) is 0 Å². The van der Waals surface area contributed by atoms with Crippen molar-refractivity contribution in [2.45, 2.75) is 6.92 Å². The minimum atomic E-state index is -0.456. The predicted octanol–water partition coefficient (Wildman–Crippen LogP) is 2.49. The number of rotatable bonds is 5. The van der Waals surface area contributed by atoms with E-state index >= 15 is 0 Å². The van der Waals surface area contributed by atoms with E-state index < -0.39 is 5.91 Å². The zero-order valence-corrected chi connectivity index (χ0v) is 14.3. The Morgan fingerprint density at radius 3 is 2.08 bits per heavy atom. The molecular formula is C19H20N2O4. The van der Waals surface area contributed by atoms with Crippen LogP contribution >= 0.6 is 0 Å². The van der Waals surface area contributed by atoms with Crippen LogP contribution in [0.1, 0.15) is 21.5 Å². The van der Waals surface area contributed by atoms with Gasteiger partial charge in [0.1, 0.15) is 11.5 Å². The largest absolute Gasteiger partial charge is 0.497 e. The Balaban J connectivity index is 1.94. The molecule has 0 unspecified atom stereocenters. The van der Waals surface area contributed by atoms with Crippen molar-refractivity contribution in [3.8, 4) is 11.5 Å². The molecule has 0 atom stereocenters. The highest BCUT2D eigenvalue weighted by atomic mass is 16.5. The molecule has 0 aliphatic carbocycles. The average molecular weight is 340 g/mol. The molecule has 0 saturated carbocycles. The number of carbonyl (C=O) groups is 2. The standard InChI is InChI=1S/C19H20N2O4/c1-13-4-7-15(8-5-13)19(23)21-20-18(22)9-6-14-10-16(24-2)12-17(11-14)25-3/h4-12H,1-3H3,(H,20,22)(H,21,23)/b9-6+. The molecule has 0 heterocycles. The van der Waals surface area contributed by atoms with E-state index in [0.29, 0.717) is 17.1 Å². The molecule has 2 aromatic carbocycles. The number of ether oxygens (including phenoxy) is 2. The molecule has 0 aromatic heterocycles. The first kappa shape index (κ1) is 18.1. The lowest BCUT2D eigenvalue weighted by molar-refractivity contribution is -0.117. The third-order valence-corrected chi connectivity index (χ3v) is 3.41. The highest BCUT2D eigenvalue weighted by Crippen LogP contribution is 2.23. The predicted molar refractivity (Wildman–Crippen MR) is 95.4 cm³/mol. The molecule has 0 fully saturated rings. The molecule has 0 bridgehead atoms. The summed E-state index contributed by atoms with van der Waals surface area (Å²) in [6, 6.07) is 12.3. The molecule has 2 aromatic rings. The summed E-state index contributed by atoms with van der Waals surface area (Å²) in [4.78, 5) is 23.8. The molecule has 0 aliphatic rings. The van der Waals surface area contributed by atoms with Crippen molar-refractivity contribution in [2.75, 3.05) is 14.2 Å². The van der Waals surface area contributed by atoms with E-state index in [1.54, 1.807) is 50.6 Å². The zero-order chi connectivity index (χ0) is 18.2. The normalized spacial score (nSPS) is 10.4. The van der Waals surface area contributed by atoms with Crippen molar-refractivity contribution in [1.29, 1.82) is 0 Å². The van der Waals surface area contributed by atoms with Crippen LogP contribution in [0.15, 0.2) is 48.5 Å². The van der Waals surface area contributed by atoms with Crippen LogP contribution in [0.2, 0.25) is 0 Å². The Morgan fingerprint density at radius 1 is 0.920 bits per heavy atom. The van der Waals surface area contributed by atoms with Crippen molar-refractivity contribution < 1.29 is 19.1 Å². The van der Waals surface area contributed by atoms with E-state index in [0.717, 1.165) is 11.1 Å². The van der Waals surface area contributed by atoms with Crippen molar-refractivity contribution in [2.24, 2.45) is 0 Å². The number of hydrazine groups is 1. The summed E-state index contributed by atoms with van der Waals surface area (Å²) in [5.41, 5.74) is 6.95. The van der Waals surface area contributed by atoms with Crippen molar-refractivity contribution in [3.63, 3.8) is 0 Å². The quantitative estimate of drug-likeness (QED) is 0.648. The minimum absolute atomic E-state index is 0.384. The van der Waals surface area contributed by atoms with Crippen molar-refractivity contribution in [1.82, 2.24) is 10.9 Å². The lowest BCUT2D eigenvalue weighted by atomic mass is 10.1. The fourth-order valence-electron chi connectivity index (χ4n) is 2.03. The van der Waals surface area contributed by atoms with Gasteiger partial charge in [-0.1, -0.05) is 17.7 Å². The van der Waals surface area contributed by atoms with Crippen LogP contribution in [-0.2, 0) is 4.79 Å². The lowest BCUT2D eigenvalue weighted by Gasteiger charge is -2.06. The summed E-state index contributed by atoms with van der Waals surface area (Å²) in [6.07, 6.45) is 2.90. The van der Waals surface area contributed by atoms with Gasteiger partial charge < -0.3 is 9.47 Å².